The van der Waals surface area contributed by atoms with Crippen LogP contribution in [0.15, 0.2) is 60.9 Å². The fraction of sp³-hybridized carbons (Fsp3) is 0.231. The van der Waals surface area contributed by atoms with Crippen molar-refractivity contribution in [3.05, 3.63) is 60.9 Å². The van der Waals surface area contributed by atoms with E-state index < -0.39 is 0 Å². The van der Waals surface area contributed by atoms with E-state index in [1.54, 1.807) is 18.2 Å². The Morgan fingerprint density at radius 3 is 2.14 bits per heavy atom. The standard InChI is InChI=1S/C13H18O/c1-6-11(5)12(7-2)10-14-13(8-3)9-4/h6-9H,1-3,10H2,4-5H3/b12-11+,13-9+. The summed E-state index contributed by atoms with van der Waals surface area (Å²) in [7, 11) is 0. The summed E-state index contributed by atoms with van der Waals surface area (Å²) in [5.41, 5.74) is 2.13. The molecular formula is C13H18O. The molecule has 0 amide bonds. The molecule has 0 saturated heterocycles. The topological polar surface area (TPSA) is 9.23 Å². The summed E-state index contributed by atoms with van der Waals surface area (Å²) in [6.07, 6.45) is 7.14. The predicted molar refractivity (Wildman–Crippen MR) is 63.0 cm³/mol. The van der Waals surface area contributed by atoms with E-state index in [1.165, 1.54) is 0 Å². The van der Waals surface area contributed by atoms with Gasteiger partial charge in [0.1, 0.15) is 12.4 Å². The van der Waals surface area contributed by atoms with Crippen molar-refractivity contribution >= 4 is 0 Å². The van der Waals surface area contributed by atoms with Gasteiger partial charge in [-0.25, -0.2) is 0 Å². The molecule has 0 spiro atoms. The summed E-state index contributed by atoms with van der Waals surface area (Å²) >= 11 is 0. The van der Waals surface area contributed by atoms with Crippen LogP contribution in [-0.4, -0.2) is 6.61 Å². The average Bonchev–Trinajstić information content (AvgIpc) is 2.24. The van der Waals surface area contributed by atoms with Gasteiger partial charge in [0, 0.05) is 0 Å². The van der Waals surface area contributed by atoms with Crippen LogP contribution in [0.2, 0.25) is 0 Å². The van der Waals surface area contributed by atoms with Crippen molar-refractivity contribution in [2.24, 2.45) is 0 Å². The lowest BCUT2D eigenvalue weighted by atomic mass is 10.1. The van der Waals surface area contributed by atoms with Crippen LogP contribution in [0.5, 0.6) is 0 Å². The van der Waals surface area contributed by atoms with Gasteiger partial charge >= 0.3 is 0 Å². The molecule has 0 atom stereocenters. The van der Waals surface area contributed by atoms with E-state index >= 15 is 0 Å². The minimum absolute atomic E-state index is 0.507. The fourth-order valence-corrected chi connectivity index (χ4v) is 0.886. The van der Waals surface area contributed by atoms with E-state index in [0.29, 0.717) is 6.61 Å². The molecule has 0 aliphatic heterocycles. The van der Waals surface area contributed by atoms with Gasteiger partial charge in [-0.1, -0.05) is 31.9 Å². The highest BCUT2D eigenvalue weighted by Gasteiger charge is 1.97. The summed E-state index contributed by atoms with van der Waals surface area (Å²) in [5.74, 6) is 0.779. The molecule has 0 aromatic heterocycles. The molecule has 0 aliphatic carbocycles. The van der Waals surface area contributed by atoms with Crippen molar-refractivity contribution in [2.75, 3.05) is 6.61 Å². The first kappa shape index (κ1) is 12.5. The highest BCUT2D eigenvalue weighted by molar-refractivity contribution is 5.30. The Bertz CT molecular complexity index is 280. The summed E-state index contributed by atoms with van der Waals surface area (Å²) < 4.78 is 5.48. The number of rotatable bonds is 6. The Balaban J connectivity index is 4.43. The molecule has 0 unspecified atom stereocenters. The predicted octanol–water partition coefficient (Wildman–Crippen LogP) is 3.78. The zero-order valence-electron chi connectivity index (χ0n) is 9.05. The fourth-order valence-electron chi connectivity index (χ4n) is 0.886. The first-order valence-corrected chi connectivity index (χ1v) is 4.55. The lowest BCUT2D eigenvalue weighted by Crippen LogP contribution is -1.97. The third-order valence-corrected chi connectivity index (χ3v) is 1.94. The molecule has 0 heterocycles. The Morgan fingerprint density at radius 2 is 1.79 bits per heavy atom. The van der Waals surface area contributed by atoms with Gasteiger partial charge in [-0.2, -0.15) is 0 Å². The minimum Gasteiger partial charge on any atom is -0.489 e. The van der Waals surface area contributed by atoms with Gasteiger partial charge in [0.15, 0.2) is 0 Å². The molecule has 0 aromatic carbocycles. The van der Waals surface area contributed by atoms with Crippen molar-refractivity contribution in [2.45, 2.75) is 13.8 Å². The molecule has 0 aliphatic rings. The SMILES string of the molecule is C=C/C(=C\C)OC/C(C=C)=C(\C)C=C. The van der Waals surface area contributed by atoms with Crippen LogP contribution in [0, 0.1) is 0 Å². The van der Waals surface area contributed by atoms with Gasteiger partial charge in [0.25, 0.3) is 0 Å². The summed E-state index contributed by atoms with van der Waals surface area (Å²) in [6.45, 7) is 15.5. The van der Waals surface area contributed by atoms with E-state index in [9.17, 15) is 0 Å². The average molecular weight is 190 g/mol. The molecule has 0 radical (unpaired) electrons. The number of ether oxygens (including phenoxy) is 1. The third-order valence-electron chi connectivity index (χ3n) is 1.94. The lowest BCUT2D eigenvalue weighted by molar-refractivity contribution is 0.254. The highest BCUT2D eigenvalue weighted by atomic mass is 16.5. The smallest absolute Gasteiger partial charge is 0.114 e. The Labute approximate surface area is 86.8 Å². The van der Waals surface area contributed by atoms with Crippen molar-refractivity contribution < 1.29 is 4.74 Å². The molecule has 0 saturated carbocycles. The zero-order chi connectivity index (χ0) is 11.0. The Hall–Kier alpha value is -1.50. The van der Waals surface area contributed by atoms with Gasteiger partial charge in [-0.15, -0.1) is 0 Å². The van der Waals surface area contributed by atoms with Gasteiger partial charge in [0.05, 0.1) is 0 Å². The molecule has 0 N–H and O–H groups in total. The molecule has 0 fully saturated rings. The first-order valence-electron chi connectivity index (χ1n) is 4.55. The minimum atomic E-state index is 0.507. The van der Waals surface area contributed by atoms with Crippen LogP contribution in [-0.2, 0) is 4.74 Å². The maximum absolute atomic E-state index is 5.48. The quantitative estimate of drug-likeness (QED) is 0.457. The van der Waals surface area contributed by atoms with Crippen LogP contribution < -0.4 is 0 Å². The second-order valence-electron chi connectivity index (χ2n) is 2.80. The second kappa shape index (κ2) is 6.96. The maximum Gasteiger partial charge on any atom is 0.114 e. The van der Waals surface area contributed by atoms with Crippen LogP contribution in [0.1, 0.15) is 13.8 Å². The number of allylic oxidation sites excluding steroid dienone is 4. The van der Waals surface area contributed by atoms with Crippen LogP contribution in [0.3, 0.4) is 0 Å². The second-order valence-corrected chi connectivity index (χ2v) is 2.80. The van der Waals surface area contributed by atoms with Crippen LogP contribution in [0.25, 0.3) is 0 Å². The van der Waals surface area contributed by atoms with Crippen molar-refractivity contribution in [1.82, 2.24) is 0 Å². The highest BCUT2D eigenvalue weighted by Crippen LogP contribution is 2.09. The van der Waals surface area contributed by atoms with Crippen LogP contribution in [0.4, 0.5) is 0 Å². The monoisotopic (exact) mass is 190 g/mol. The van der Waals surface area contributed by atoms with E-state index in [1.807, 2.05) is 19.9 Å². The first-order chi connectivity index (χ1) is 6.69. The van der Waals surface area contributed by atoms with E-state index in [4.69, 9.17) is 4.74 Å². The molecule has 1 nitrogen and oxygen atoms in total. The summed E-state index contributed by atoms with van der Waals surface area (Å²) in [4.78, 5) is 0. The Morgan fingerprint density at radius 1 is 1.14 bits per heavy atom. The zero-order valence-corrected chi connectivity index (χ0v) is 9.05. The van der Waals surface area contributed by atoms with Gasteiger partial charge in [-0.05, 0) is 37.1 Å². The Kier molecular flexibility index (Phi) is 6.21. The van der Waals surface area contributed by atoms with Gasteiger partial charge < -0.3 is 4.74 Å². The van der Waals surface area contributed by atoms with Crippen molar-refractivity contribution in [3.63, 3.8) is 0 Å². The molecule has 0 aromatic rings. The summed E-state index contributed by atoms with van der Waals surface area (Å²) in [5, 5.41) is 0. The molecule has 14 heavy (non-hydrogen) atoms. The number of hydrogen-bond acceptors (Lipinski definition) is 1. The molecule has 0 bridgehead atoms. The lowest BCUT2D eigenvalue weighted by Gasteiger charge is -2.08. The maximum atomic E-state index is 5.48. The normalized spacial score (nSPS) is 12.9. The largest absolute Gasteiger partial charge is 0.489 e. The van der Waals surface area contributed by atoms with Gasteiger partial charge in [-0.3, -0.25) is 0 Å². The van der Waals surface area contributed by atoms with E-state index in [-0.39, 0.29) is 0 Å². The third kappa shape index (κ3) is 3.94. The van der Waals surface area contributed by atoms with Crippen molar-refractivity contribution in [1.29, 1.82) is 0 Å². The molecule has 76 valence electrons. The molecule has 1 heteroatoms. The molecular weight excluding hydrogens is 172 g/mol. The number of hydrogen-bond donors (Lipinski definition) is 0. The summed E-state index contributed by atoms with van der Waals surface area (Å²) in [6, 6.07) is 0. The van der Waals surface area contributed by atoms with Crippen molar-refractivity contribution in [3.8, 4) is 0 Å². The van der Waals surface area contributed by atoms with Crippen LogP contribution >= 0.6 is 0 Å². The van der Waals surface area contributed by atoms with E-state index in [2.05, 4.69) is 19.7 Å². The van der Waals surface area contributed by atoms with E-state index in [0.717, 1.165) is 16.9 Å². The van der Waals surface area contributed by atoms with Gasteiger partial charge in [0.2, 0.25) is 0 Å². The molecule has 0 rings (SSSR count).